The average Bonchev–Trinajstić information content (AvgIpc) is 2.50. The summed E-state index contributed by atoms with van der Waals surface area (Å²) in [4.78, 5) is 40.4. The Morgan fingerprint density at radius 1 is 1.35 bits per heavy atom. The number of likely N-dealkylation sites (N-methyl/N-ethyl adjacent to an activating group) is 1. The van der Waals surface area contributed by atoms with Crippen LogP contribution in [0.2, 0.25) is 0 Å². The first-order valence-electron chi connectivity index (χ1n) is 7.83. The molecule has 0 aromatic carbocycles. The number of aromatic amines is 1. The molecule has 0 radical (unpaired) electrons. The Bertz CT molecular complexity index is 635. The fourth-order valence-electron chi connectivity index (χ4n) is 2.27. The zero-order valence-electron chi connectivity index (χ0n) is 14.1. The van der Waals surface area contributed by atoms with E-state index in [1.807, 2.05) is 11.8 Å². The van der Waals surface area contributed by atoms with Gasteiger partial charge >= 0.3 is 5.69 Å². The van der Waals surface area contributed by atoms with Crippen molar-refractivity contribution in [1.82, 2.24) is 14.5 Å². The third-order valence-electron chi connectivity index (χ3n) is 3.68. The molecule has 0 fully saturated rings. The van der Waals surface area contributed by atoms with E-state index in [-0.39, 0.29) is 36.9 Å². The number of methoxy groups -OCH3 is 1. The topological polar surface area (TPSA) is 110 Å². The highest BCUT2D eigenvalue weighted by atomic mass is 16.5. The first-order valence-corrected chi connectivity index (χ1v) is 7.83. The first kappa shape index (κ1) is 19.1. The Labute approximate surface area is 135 Å². The molecule has 1 aromatic rings. The number of hydrogen-bond donors (Lipinski definition) is 2. The van der Waals surface area contributed by atoms with Gasteiger partial charge in [0.15, 0.2) is 5.78 Å². The Kier molecular flexibility index (Phi) is 7.70. The summed E-state index contributed by atoms with van der Waals surface area (Å²) in [5, 5.41) is 0. The van der Waals surface area contributed by atoms with Gasteiger partial charge in [0.25, 0.3) is 5.56 Å². The predicted octanol–water partition coefficient (Wildman–Crippen LogP) is 0.0699. The Morgan fingerprint density at radius 3 is 2.61 bits per heavy atom. The Hall–Kier alpha value is -1.93. The van der Waals surface area contributed by atoms with E-state index in [9.17, 15) is 14.4 Å². The summed E-state index contributed by atoms with van der Waals surface area (Å²) in [5.41, 5.74) is 4.36. The number of hydrogen-bond acceptors (Lipinski definition) is 6. The number of H-pyrrole nitrogens is 1. The third-order valence-corrected chi connectivity index (χ3v) is 3.68. The monoisotopic (exact) mass is 326 g/mol. The molecule has 0 amide bonds. The lowest BCUT2D eigenvalue weighted by Crippen LogP contribution is -2.39. The maximum absolute atomic E-state index is 12.5. The summed E-state index contributed by atoms with van der Waals surface area (Å²) < 4.78 is 6.07. The van der Waals surface area contributed by atoms with Crippen LogP contribution < -0.4 is 17.0 Å². The molecule has 1 aromatic heterocycles. The van der Waals surface area contributed by atoms with E-state index < -0.39 is 11.2 Å². The van der Waals surface area contributed by atoms with Crippen molar-refractivity contribution in [3.05, 3.63) is 26.4 Å². The van der Waals surface area contributed by atoms with E-state index in [1.165, 1.54) is 7.11 Å². The molecule has 130 valence electrons. The van der Waals surface area contributed by atoms with Crippen LogP contribution in [0.5, 0.6) is 0 Å². The normalized spacial score (nSPS) is 11.1. The molecule has 0 spiro atoms. The molecule has 0 aliphatic carbocycles. The van der Waals surface area contributed by atoms with Gasteiger partial charge in [0, 0.05) is 7.11 Å². The van der Waals surface area contributed by atoms with Crippen LogP contribution in [0.1, 0.15) is 37.0 Å². The minimum atomic E-state index is -0.738. The lowest BCUT2D eigenvalue weighted by atomic mass is 10.1. The van der Waals surface area contributed by atoms with Crippen LogP contribution in [0, 0.1) is 0 Å². The van der Waals surface area contributed by atoms with Gasteiger partial charge in [-0.1, -0.05) is 20.3 Å². The summed E-state index contributed by atoms with van der Waals surface area (Å²) >= 11 is 0. The smallest absolute Gasteiger partial charge is 0.330 e. The number of nitrogens with two attached hydrogens (primary N) is 1. The maximum Gasteiger partial charge on any atom is 0.330 e. The predicted molar refractivity (Wildman–Crippen MR) is 89.0 cm³/mol. The number of carbonyl (C=O) groups excluding carboxylic acids is 1. The number of carbonyl (C=O) groups is 1. The van der Waals surface area contributed by atoms with Gasteiger partial charge in [0.1, 0.15) is 11.4 Å². The molecular formula is C15H26N4O4. The number of anilines is 1. The van der Waals surface area contributed by atoms with Crippen LogP contribution >= 0.6 is 0 Å². The first-order chi connectivity index (χ1) is 11.0. The van der Waals surface area contributed by atoms with E-state index in [4.69, 9.17) is 10.5 Å². The lowest BCUT2D eigenvalue weighted by Gasteiger charge is -2.19. The molecule has 0 aliphatic heterocycles. The zero-order valence-corrected chi connectivity index (χ0v) is 14.1. The van der Waals surface area contributed by atoms with Crippen molar-refractivity contribution in [2.45, 2.75) is 33.2 Å². The van der Waals surface area contributed by atoms with E-state index in [0.717, 1.165) is 24.0 Å². The van der Waals surface area contributed by atoms with Crippen molar-refractivity contribution < 1.29 is 9.53 Å². The molecule has 0 saturated heterocycles. The quantitative estimate of drug-likeness (QED) is 0.589. The second kappa shape index (κ2) is 9.26. The number of nitrogens with one attached hydrogen (secondary N) is 1. The largest absolute Gasteiger partial charge is 0.384 e. The molecule has 23 heavy (non-hydrogen) atoms. The van der Waals surface area contributed by atoms with Gasteiger partial charge in [-0.25, -0.2) is 4.79 Å². The van der Waals surface area contributed by atoms with Crippen molar-refractivity contribution in [3.8, 4) is 0 Å². The molecule has 8 heteroatoms. The molecule has 0 bridgehead atoms. The summed E-state index contributed by atoms with van der Waals surface area (Å²) in [6.45, 7) is 6.03. The van der Waals surface area contributed by atoms with Gasteiger partial charge in [-0.2, -0.15) is 0 Å². The fourth-order valence-corrected chi connectivity index (χ4v) is 2.27. The van der Waals surface area contributed by atoms with E-state index in [1.54, 1.807) is 0 Å². The number of nitrogens with zero attached hydrogens (tertiary/aromatic N) is 2. The number of unbranched alkanes of at least 4 members (excludes halogenated alkanes) is 1. The summed E-state index contributed by atoms with van der Waals surface area (Å²) in [7, 11) is 1.49. The van der Waals surface area contributed by atoms with Crippen molar-refractivity contribution >= 4 is 11.6 Å². The fraction of sp³-hybridized carbons (Fsp3) is 0.667. The van der Waals surface area contributed by atoms with Crippen LogP contribution in [0.4, 0.5) is 5.82 Å². The molecule has 3 N–H and O–H groups in total. The van der Waals surface area contributed by atoms with Crippen molar-refractivity contribution in [1.29, 1.82) is 0 Å². The summed E-state index contributed by atoms with van der Waals surface area (Å²) in [5.74, 6) is -0.486. The lowest BCUT2D eigenvalue weighted by molar-refractivity contribution is 0.0931. The summed E-state index contributed by atoms with van der Waals surface area (Å²) in [6, 6.07) is 0. The molecule has 0 atom stereocenters. The second-order valence-corrected chi connectivity index (χ2v) is 5.31. The van der Waals surface area contributed by atoms with E-state index >= 15 is 0 Å². The van der Waals surface area contributed by atoms with Crippen molar-refractivity contribution in [2.24, 2.45) is 0 Å². The van der Waals surface area contributed by atoms with Gasteiger partial charge in [0.2, 0.25) is 0 Å². The van der Waals surface area contributed by atoms with Gasteiger partial charge in [-0.05, 0) is 19.5 Å². The van der Waals surface area contributed by atoms with Crippen molar-refractivity contribution in [3.63, 3.8) is 0 Å². The van der Waals surface area contributed by atoms with Gasteiger partial charge in [-0.3, -0.25) is 24.0 Å². The van der Waals surface area contributed by atoms with E-state index in [0.29, 0.717) is 6.54 Å². The average molecular weight is 326 g/mol. The van der Waals surface area contributed by atoms with Crippen molar-refractivity contribution in [2.75, 3.05) is 39.1 Å². The van der Waals surface area contributed by atoms with Crippen LogP contribution in [0.15, 0.2) is 9.59 Å². The zero-order chi connectivity index (χ0) is 17.4. The number of nitrogen functional groups attached to an aromatic ring is 1. The Balaban J connectivity index is 3.08. The highest BCUT2D eigenvalue weighted by Gasteiger charge is 2.20. The van der Waals surface area contributed by atoms with Gasteiger partial charge in [-0.15, -0.1) is 0 Å². The molecular weight excluding hydrogens is 300 g/mol. The SMILES string of the molecule is CCCCN(CC)CC(=O)c1c(N)n(CCOC)c(=O)[nH]c1=O. The highest BCUT2D eigenvalue weighted by Crippen LogP contribution is 2.07. The van der Waals surface area contributed by atoms with Gasteiger partial charge in [0.05, 0.1) is 19.7 Å². The minimum Gasteiger partial charge on any atom is -0.384 e. The molecule has 1 rings (SSSR count). The second-order valence-electron chi connectivity index (χ2n) is 5.31. The van der Waals surface area contributed by atoms with Crippen LogP contribution in [-0.2, 0) is 11.3 Å². The van der Waals surface area contributed by atoms with Crippen LogP contribution in [0.3, 0.4) is 0 Å². The number of Topliss-reactive ketones (excluding diaryl/α,β-unsaturated/α-hetero) is 1. The molecule has 8 nitrogen and oxygen atoms in total. The number of aromatic nitrogens is 2. The standard InChI is InChI=1S/C15H26N4O4/c1-4-6-7-18(5-2)10-11(20)12-13(16)19(8-9-23-3)15(22)17-14(12)21/h4-10,16H2,1-3H3,(H,17,21,22). The maximum atomic E-state index is 12.5. The number of ether oxygens (including phenoxy) is 1. The van der Waals surface area contributed by atoms with Crippen LogP contribution in [0.25, 0.3) is 0 Å². The minimum absolute atomic E-state index is 0.103. The molecule has 0 saturated carbocycles. The number of ketones is 1. The Morgan fingerprint density at radius 2 is 2.04 bits per heavy atom. The molecule has 0 unspecified atom stereocenters. The molecule has 0 aliphatic rings. The third kappa shape index (κ3) is 5.04. The number of rotatable bonds is 10. The highest BCUT2D eigenvalue weighted by molar-refractivity contribution is 6.01. The van der Waals surface area contributed by atoms with Gasteiger partial charge < -0.3 is 10.5 Å². The van der Waals surface area contributed by atoms with E-state index in [2.05, 4.69) is 11.9 Å². The van der Waals surface area contributed by atoms with Crippen LogP contribution in [-0.4, -0.2) is 53.6 Å². The summed E-state index contributed by atoms with van der Waals surface area (Å²) in [6.07, 6.45) is 2.00. The molecule has 1 heterocycles.